The highest BCUT2D eigenvalue weighted by atomic mass is 16.3. The van der Waals surface area contributed by atoms with E-state index in [4.69, 9.17) is 0 Å². The van der Waals surface area contributed by atoms with Crippen LogP contribution in [0.1, 0.15) is 52.4 Å². The maximum absolute atomic E-state index is 9.59. The van der Waals surface area contributed by atoms with E-state index in [2.05, 4.69) is 11.8 Å². The van der Waals surface area contributed by atoms with E-state index in [9.17, 15) is 5.11 Å². The molecule has 0 aromatic carbocycles. The lowest BCUT2D eigenvalue weighted by Gasteiger charge is -2.41. The highest BCUT2D eigenvalue weighted by molar-refractivity contribution is 4.83. The molecule has 2 fully saturated rings. The second kappa shape index (κ2) is 5.50. The van der Waals surface area contributed by atoms with Gasteiger partial charge in [-0.2, -0.15) is 0 Å². The summed E-state index contributed by atoms with van der Waals surface area (Å²) in [4.78, 5) is 2.69. The van der Waals surface area contributed by atoms with Crippen LogP contribution in [0.25, 0.3) is 0 Å². The van der Waals surface area contributed by atoms with E-state index in [0.29, 0.717) is 5.92 Å². The van der Waals surface area contributed by atoms with E-state index in [-0.39, 0.29) is 6.10 Å². The van der Waals surface area contributed by atoms with Gasteiger partial charge in [0.05, 0.1) is 6.10 Å². The Bertz CT molecular complexity index is 201. The Morgan fingerprint density at radius 1 is 1.00 bits per heavy atom. The molecular weight excluding hydrogens is 198 g/mol. The molecule has 2 aliphatic rings. The minimum atomic E-state index is -0.103. The summed E-state index contributed by atoms with van der Waals surface area (Å²) >= 11 is 0. The van der Waals surface area contributed by atoms with Gasteiger partial charge in [-0.3, -0.25) is 0 Å². The Morgan fingerprint density at radius 3 is 2.06 bits per heavy atom. The number of aliphatic hydroxyl groups excluding tert-OH is 1. The summed E-state index contributed by atoms with van der Waals surface area (Å²) < 4.78 is 0. The molecular formula is C14H27NO. The molecule has 94 valence electrons. The Kier molecular flexibility index (Phi) is 4.26. The molecule has 0 aromatic rings. The van der Waals surface area contributed by atoms with Crippen molar-refractivity contribution < 1.29 is 5.11 Å². The molecule has 2 heteroatoms. The summed E-state index contributed by atoms with van der Waals surface area (Å²) in [6, 6.07) is 0.853. The van der Waals surface area contributed by atoms with E-state index < -0.39 is 0 Å². The van der Waals surface area contributed by atoms with Gasteiger partial charge in [-0.05, 0) is 70.4 Å². The standard InChI is InChI=1S/C14H27NO/c1-11-3-5-14(6-4-11)15-9-7-13(8-10-15)12(2)16/h11-14,16H,3-10H2,1-2H3. The van der Waals surface area contributed by atoms with Crippen LogP contribution >= 0.6 is 0 Å². The Hall–Kier alpha value is -0.0800. The first-order valence-corrected chi connectivity index (χ1v) is 7.09. The first-order chi connectivity index (χ1) is 7.66. The summed E-state index contributed by atoms with van der Waals surface area (Å²) in [7, 11) is 0. The average molecular weight is 225 g/mol. The fraction of sp³-hybridized carbons (Fsp3) is 1.00. The highest BCUT2D eigenvalue weighted by Gasteiger charge is 2.28. The molecule has 2 nitrogen and oxygen atoms in total. The SMILES string of the molecule is CC1CCC(N2CCC(C(C)O)CC2)CC1. The lowest BCUT2D eigenvalue weighted by Crippen LogP contribution is -2.44. The monoisotopic (exact) mass is 225 g/mol. The second-order valence-electron chi connectivity index (χ2n) is 6.03. The number of rotatable bonds is 2. The van der Waals surface area contributed by atoms with Crippen LogP contribution in [0.4, 0.5) is 0 Å². The predicted octanol–water partition coefficient (Wildman–Crippen LogP) is 2.66. The van der Waals surface area contributed by atoms with Crippen molar-refractivity contribution >= 4 is 0 Å². The third-order valence-corrected chi connectivity index (χ3v) is 4.76. The van der Waals surface area contributed by atoms with Crippen LogP contribution in [0.15, 0.2) is 0 Å². The lowest BCUT2D eigenvalue weighted by molar-refractivity contribution is 0.0441. The summed E-state index contributed by atoms with van der Waals surface area (Å²) in [5.41, 5.74) is 0. The van der Waals surface area contributed by atoms with E-state index >= 15 is 0 Å². The van der Waals surface area contributed by atoms with Crippen LogP contribution in [0.5, 0.6) is 0 Å². The van der Waals surface area contributed by atoms with Crippen LogP contribution < -0.4 is 0 Å². The molecule has 1 aliphatic carbocycles. The molecule has 0 radical (unpaired) electrons. The van der Waals surface area contributed by atoms with Gasteiger partial charge in [-0.25, -0.2) is 0 Å². The smallest absolute Gasteiger partial charge is 0.0541 e. The Morgan fingerprint density at radius 2 is 1.56 bits per heavy atom. The molecule has 0 amide bonds. The largest absolute Gasteiger partial charge is 0.393 e. The van der Waals surface area contributed by atoms with Gasteiger partial charge in [-0.1, -0.05) is 6.92 Å². The van der Waals surface area contributed by atoms with Gasteiger partial charge in [-0.15, -0.1) is 0 Å². The van der Waals surface area contributed by atoms with Crippen LogP contribution in [-0.4, -0.2) is 35.2 Å². The molecule has 1 unspecified atom stereocenters. The summed E-state index contributed by atoms with van der Waals surface area (Å²) in [6.07, 6.45) is 7.93. The van der Waals surface area contributed by atoms with Crippen molar-refractivity contribution in [3.8, 4) is 0 Å². The lowest BCUT2D eigenvalue weighted by atomic mass is 9.84. The average Bonchev–Trinajstić information content (AvgIpc) is 2.30. The van der Waals surface area contributed by atoms with Crippen molar-refractivity contribution in [2.45, 2.75) is 64.5 Å². The molecule has 0 bridgehead atoms. The molecule has 1 N–H and O–H groups in total. The number of hydrogen-bond donors (Lipinski definition) is 1. The van der Waals surface area contributed by atoms with Gasteiger partial charge in [0.1, 0.15) is 0 Å². The minimum absolute atomic E-state index is 0.103. The molecule has 1 heterocycles. The van der Waals surface area contributed by atoms with Crippen LogP contribution in [-0.2, 0) is 0 Å². The van der Waals surface area contributed by atoms with Crippen molar-refractivity contribution in [1.82, 2.24) is 4.90 Å². The molecule has 1 saturated heterocycles. The quantitative estimate of drug-likeness (QED) is 0.781. The van der Waals surface area contributed by atoms with Gasteiger partial charge >= 0.3 is 0 Å². The van der Waals surface area contributed by atoms with Crippen molar-refractivity contribution in [3.05, 3.63) is 0 Å². The van der Waals surface area contributed by atoms with Gasteiger partial charge in [0.15, 0.2) is 0 Å². The zero-order valence-corrected chi connectivity index (χ0v) is 10.9. The number of hydrogen-bond acceptors (Lipinski definition) is 2. The topological polar surface area (TPSA) is 23.5 Å². The predicted molar refractivity (Wildman–Crippen MR) is 67.4 cm³/mol. The van der Waals surface area contributed by atoms with Gasteiger partial charge in [0, 0.05) is 6.04 Å². The Balaban J connectivity index is 1.76. The van der Waals surface area contributed by atoms with Gasteiger partial charge in [0.25, 0.3) is 0 Å². The van der Waals surface area contributed by atoms with E-state index in [1.54, 1.807) is 0 Å². The van der Waals surface area contributed by atoms with E-state index in [1.807, 2.05) is 6.92 Å². The number of nitrogens with zero attached hydrogens (tertiary/aromatic N) is 1. The van der Waals surface area contributed by atoms with Crippen molar-refractivity contribution in [3.63, 3.8) is 0 Å². The van der Waals surface area contributed by atoms with E-state index in [0.717, 1.165) is 12.0 Å². The number of piperidine rings is 1. The fourth-order valence-corrected chi connectivity index (χ4v) is 3.37. The van der Waals surface area contributed by atoms with Crippen molar-refractivity contribution in [1.29, 1.82) is 0 Å². The minimum Gasteiger partial charge on any atom is -0.393 e. The van der Waals surface area contributed by atoms with Crippen LogP contribution in [0.2, 0.25) is 0 Å². The van der Waals surface area contributed by atoms with Crippen LogP contribution in [0, 0.1) is 11.8 Å². The molecule has 2 rings (SSSR count). The van der Waals surface area contributed by atoms with Gasteiger partial charge < -0.3 is 10.0 Å². The number of aliphatic hydroxyl groups is 1. The molecule has 1 aliphatic heterocycles. The maximum Gasteiger partial charge on any atom is 0.0541 e. The second-order valence-corrected chi connectivity index (χ2v) is 6.03. The molecule has 1 saturated carbocycles. The van der Waals surface area contributed by atoms with Gasteiger partial charge in [0.2, 0.25) is 0 Å². The van der Waals surface area contributed by atoms with E-state index in [1.165, 1.54) is 51.6 Å². The molecule has 0 aromatic heterocycles. The first-order valence-electron chi connectivity index (χ1n) is 7.09. The summed E-state index contributed by atoms with van der Waals surface area (Å²) in [5.74, 6) is 1.50. The molecule has 16 heavy (non-hydrogen) atoms. The normalized spacial score (nSPS) is 36.2. The zero-order chi connectivity index (χ0) is 11.5. The molecule has 1 atom stereocenters. The van der Waals surface area contributed by atoms with Crippen molar-refractivity contribution in [2.75, 3.05) is 13.1 Å². The first kappa shape index (κ1) is 12.4. The van der Waals surface area contributed by atoms with Crippen LogP contribution in [0.3, 0.4) is 0 Å². The fourth-order valence-electron chi connectivity index (χ4n) is 3.37. The molecule has 0 spiro atoms. The highest BCUT2D eigenvalue weighted by Crippen LogP contribution is 2.30. The third kappa shape index (κ3) is 2.98. The Labute approximate surface area is 100 Å². The zero-order valence-electron chi connectivity index (χ0n) is 10.9. The summed E-state index contributed by atoms with van der Waals surface area (Å²) in [5, 5.41) is 9.59. The summed E-state index contributed by atoms with van der Waals surface area (Å²) in [6.45, 7) is 6.77. The number of likely N-dealkylation sites (tertiary alicyclic amines) is 1. The third-order valence-electron chi connectivity index (χ3n) is 4.76. The maximum atomic E-state index is 9.59. The van der Waals surface area contributed by atoms with Crippen molar-refractivity contribution in [2.24, 2.45) is 11.8 Å².